The third-order valence-corrected chi connectivity index (χ3v) is 4.98. The lowest BCUT2D eigenvalue weighted by molar-refractivity contribution is 0.143. The van der Waals surface area contributed by atoms with Crippen LogP contribution in [0.5, 0.6) is 0 Å². The van der Waals surface area contributed by atoms with Crippen molar-refractivity contribution < 1.29 is 4.74 Å². The summed E-state index contributed by atoms with van der Waals surface area (Å²) < 4.78 is 5.37. The van der Waals surface area contributed by atoms with Crippen molar-refractivity contribution in [2.24, 2.45) is 4.99 Å². The van der Waals surface area contributed by atoms with E-state index in [0.29, 0.717) is 0 Å². The third-order valence-electron chi connectivity index (χ3n) is 4.98. The Labute approximate surface area is 170 Å². The standard InChI is InChI=1S/C20H33N3O.HI/c1-3-24-16-10-9-15-22-19(21-2)23-17-20(13-7-8-14-20)18-11-5-4-6-12-18;/h4-6,11-12H,3,7-10,13-17H2,1-2H3,(H2,21,22,23);1H. The Hall–Kier alpha value is -0.820. The van der Waals surface area contributed by atoms with Crippen molar-refractivity contribution in [3.63, 3.8) is 0 Å². The number of ether oxygens (including phenoxy) is 1. The van der Waals surface area contributed by atoms with Gasteiger partial charge in [-0.15, -0.1) is 24.0 Å². The van der Waals surface area contributed by atoms with Gasteiger partial charge >= 0.3 is 0 Å². The van der Waals surface area contributed by atoms with E-state index >= 15 is 0 Å². The quantitative estimate of drug-likeness (QED) is 0.253. The van der Waals surface area contributed by atoms with Crippen molar-refractivity contribution in [1.29, 1.82) is 0 Å². The second-order valence-corrected chi connectivity index (χ2v) is 6.61. The van der Waals surface area contributed by atoms with E-state index in [-0.39, 0.29) is 29.4 Å². The van der Waals surface area contributed by atoms with Crippen LogP contribution >= 0.6 is 24.0 Å². The number of unbranched alkanes of at least 4 members (excludes halogenated alkanes) is 1. The highest BCUT2D eigenvalue weighted by Gasteiger charge is 2.35. The minimum Gasteiger partial charge on any atom is -0.382 e. The van der Waals surface area contributed by atoms with Crippen molar-refractivity contribution in [2.45, 2.75) is 50.9 Å². The molecule has 0 amide bonds. The zero-order chi connectivity index (χ0) is 17.1. The number of guanidine groups is 1. The summed E-state index contributed by atoms with van der Waals surface area (Å²) in [5.41, 5.74) is 1.72. The summed E-state index contributed by atoms with van der Waals surface area (Å²) in [4.78, 5) is 4.37. The number of rotatable bonds is 9. The van der Waals surface area contributed by atoms with E-state index in [0.717, 1.165) is 45.1 Å². The van der Waals surface area contributed by atoms with Gasteiger partial charge in [0.25, 0.3) is 0 Å². The molecule has 0 unspecified atom stereocenters. The van der Waals surface area contributed by atoms with Gasteiger partial charge in [-0.3, -0.25) is 4.99 Å². The molecular formula is C20H34IN3O. The second kappa shape index (κ2) is 12.5. The van der Waals surface area contributed by atoms with Crippen LogP contribution in [0.3, 0.4) is 0 Å². The molecule has 0 aromatic heterocycles. The van der Waals surface area contributed by atoms with Gasteiger partial charge < -0.3 is 15.4 Å². The van der Waals surface area contributed by atoms with E-state index in [9.17, 15) is 0 Å². The van der Waals surface area contributed by atoms with Gasteiger partial charge in [0.2, 0.25) is 0 Å². The number of halogens is 1. The molecular weight excluding hydrogens is 425 g/mol. The molecule has 0 spiro atoms. The number of hydrogen-bond donors (Lipinski definition) is 2. The summed E-state index contributed by atoms with van der Waals surface area (Å²) in [5, 5.41) is 6.98. The van der Waals surface area contributed by atoms with Crippen LogP contribution in [0.4, 0.5) is 0 Å². The minimum atomic E-state index is 0. The lowest BCUT2D eigenvalue weighted by atomic mass is 9.79. The summed E-state index contributed by atoms with van der Waals surface area (Å²) in [5.74, 6) is 0.911. The summed E-state index contributed by atoms with van der Waals surface area (Å²) in [7, 11) is 1.85. The van der Waals surface area contributed by atoms with Gasteiger partial charge in [0.1, 0.15) is 0 Å². The Kier molecular flexibility index (Phi) is 11.1. The molecule has 5 heteroatoms. The highest BCUT2D eigenvalue weighted by Crippen LogP contribution is 2.40. The largest absolute Gasteiger partial charge is 0.382 e. The maximum atomic E-state index is 5.37. The molecule has 2 N–H and O–H groups in total. The lowest BCUT2D eigenvalue weighted by Crippen LogP contribution is -2.45. The third kappa shape index (κ3) is 7.13. The monoisotopic (exact) mass is 459 g/mol. The topological polar surface area (TPSA) is 45.6 Å². The molecule has 2 rings (SSSR count). The molecule has 0 saturated heterocycles. The molecule has 142 valence electrons. The number of benzene rings is 1. The van der Waals surface area contributed by atoms with Crippen LogP contribution in [0.2, 0.25) is 0 Å². The molecule has 1 aliphatic rings. The van der Waals surface area contributed by atoms with E-state index in [1.54, 1.807) is 0 Å². The van der Waals surface area contributed by atoms with Crippen LogP contribution in [-0.2, 0) is 10.2 Å². The van der Waals surface area contributed by atoms with E-state index < -0.39 is 0 Å². The average Bonchev–Trinajstić information content (AvgIpc) is 3.11. The first-order valence-electron chi connectivity index (χ1n) is 9.38. The SMILES string of the molecule is CCOCCCCNC(=NC)NCC1(c2ccccc2)CCCC1.I. The molecule has 1 fully saturated rings. The predicted molar refractivity (Wildman–Crippen MR) is 117 cm³/mol. The highest BCUT2D eigenvalue weighted by molar-refractivity contribution is 14.0. The second-order valence-electron chi connectivity index (χ2n) is 6.61. The zero-order valence-electron chi connectivity index (χ0n) is 15.7. The number of nitrogens with zero attached hydrogens (tertiary/aromatic N) is 1. The van der Waals surface area contributed by atoms with Crippen LogP contribution in [0, 0.1) is 0 Å². The van der Waals surface area contributed by atoms with Crippen molar-refractivity contribution in [3.8, 4) is 0 Å². The summed E-state index contributed by atoms with van der Waals surface area (Å²) in [6.45, 7) is 5.58. The van der Waals surface area contributed by atoms with E-state index in [4.69, 9.17) is 4.74 Å². The predicted octanol–water partition coefficient (Wildman–Crippen LogP) is 4.10. The molecule has 0 bridgehead atoms. The molecule has 4 nitrogen and oxygen atoms in total. The molecule has 1 saturated carbocycles. The fourth-order valence-corrected chi connectivity index (χ4v) is 3.56. The fraction of sp³-hybridized carbons (Fsp3) is 0.650. The molecule has 1 aromatic rings. The Bertz CT molecular complexity index is 487. The lowest BCUT2D eigenvalue weighted by Gasteiger charge is -2.30. The van der Waals surface area contributed by atoms with E-state index in [2.05, 4.69) is 46.0 Å². The number of aliphatic imine (C=N–C) groups is 1. The van der Waals surface area contributed by atoms with Gasteiger partial charge in [-0.25, -0.2) is 0 Å². The van der Waals surface area contributed by atoms with Crippen molar-refractivity contribution in [3.05, 3.63) is 35.9 Å². The maximum absolute atomic E-state index is 5.37. The Balaban J connectivity index is 0.00000312. The van der Waals surface area contributed by atoms with Crippen molar-refractivity contribution in [2.75, 3.05) is 33.4 Å². The molecule has 1 aliphatic carbocycles. The molecule has 1 aromatic carbocycles. The van der Waals surface area contributed by atoms with E-state index in [1.807, 2.05) is 14.0 Å². The van der Waals surface area contributed by atoms with E-state index in [1.165, 1.54) is 31.2 Å². The molecule has 0 aliphatic heterocycles. The first-order valence-corrected chi connectivity index (χ1v) is 9.38. The molecule has 0 radical (unpaired) electrons. The van der Waals surface area contributed by atoms with Gasteiger partial charge in [-0.2, -0.15) is 0 Å². The van der Waals surface area contributed by atoms with Gasteiger partial charge in [-0.1, -0.05) is 43.2 Å². The first kappa shape index (κ1) is 22.2. The van der Waals surface area contributed by atoms with Gasteiger partial charge in [0.05, 0.1) is 0 Å². The Morgan fingerprint density at radius 3 is 2.48 bits per heavy atom. The summed E-state index contributed by atoms with van der Waals surface area (Å²) in [6.07, 6.45) is 7.35. The van der Waals surface area contributed by atoms with Crippen molar-refractivity contribution in [1.82, 2.24) is 10.6 Å². The summed E-state index contributed by atoms with van der Waals surface area (Å²) >= 11 is 0. The summed E-state index contributed by atoms with van der Waals surface area (Å²) in [6, 6.07) is 11.0. The first-order chi connectivity index (χ1) is 11.8. The minimum absolute atomic E-state index is 0. The number of nitrogens with one attached hydrogen (secondary N) is 2. The molecule has 25 heavy (non-hydrogen) atoms. The highest BCUT2D eigenvalue weighted by atomic mass is 127. The fourth-order valence-electron chi connectivity index (χ4n) is 3.56. The van der Waals surface area contributed by atoms with Gasteiger partial charge in [0, 0.05) is 38.8 Å². The smallest absolute Gasteiger partial charge is 0.191 e. The van der Waals surface area contributed by atoms with Crippen LogP contribution in [-0.4, -0.2) is 39.3 Å². The maximum Gasteiger partial charge on any atom is 0.191 e. The van der Waals surface area contributed by atoms with Gasteiger partial charge in [-0.05, 0) is 38.2 Å². The van der Waals surface area contributed by atoms with Crippen LogP contribution in [0.25, 0.3) is 0 Å². The normalized spacial score (nSPS) is 16.3. The molecule has 0 heterocycles. The number of hydrogen-bond acceptors (Lipinski definition) is 2. The van der Waals surface area contributed by atoms with Crippen molar-refractivity contribution >= 4 is 29.9 Å². The van der Waals surface area contributed by atoms with Gasteiger partial charge in [0.15, 0.2) is 5.96 Å². The van der Waals surface area contributed by atoms with Crippen LogP contribution in [0.1, 0.15) is 51.0 Å². The Morgan fingerprint density at radius 1 is 1.12 bits per heavy atom. The van der Waals surface area contributed by atoms with Crippen LogP contribution < -0.4 is 10.6 Å². The zero-order valence-corrected chi connectivity index (χ0v) is 18.1. The average molecular weight is 459 g/mol. The Morgan fingerprint density at radius 2 is 1.84 bits per heavy atom. The molecule has 0 atom stereocenters. The van der Waals surface area contributed by atoms with Crippen LogP contribution in [0.15, 0.2) is 35.3 Å².